The maximum Gasteiger partial charge on any atom is 0.414 e. The van der Waals surface area contributed by atoms with E-state index in [-0.39, 0.29) is 5.54 Å². The first kappa shape index (κ1) is 9.98. The molecule has 1 N–H and O–H groups in total. The molecule has 0 saturated carbocycles. The van der Waals surface area contributed by atoms with Crippen LogP contribution in [-0.2, 0) is 0 Å². The van der Waals surface area contributed by atoms with E-state index in [1.165, 1.54) is 11.3 Å². The van der Waals surface area contributed by atoms with Gasteiger partial charge >= 0.3 is 6.09 Å². The van der Waals surface area contributed by atoms with Gasteiger partial charge in [-0.2, -0.15) is 0 Å². The third-order valence-corrected chi connectivity index (χ3v) is 1.71. The normalized spacial score (nSPS) is 11.0. The number of amides is 1. The molecular formula is C8H12N2O2S. The Bertz CT molecular complexity index is 277. The van der Waals surface area contributed by atoms with Crippen LogP contribution in [0.1, 0.15) is 20.8 Å². The molecule has 0 saturated heterocycles. The van der Waals surface area contributed by atoms with Gasteiger partial charge in [-0.3, -0.25) is 0 Å². The first-order valence-corrected chi connectivity index (χ1v) is 4.75. The molecule has 0 aliphatic carbocycles. The fourth-order valence-electron chi connectivity index (χ4n) is 0.672. The summed E-state index contributed by atoms with van der Waals surface area (Å²) in [6.07, 6.45) is 1.12. The second kappa shape index (κ2) is 3.74. The maximum atomic E-state index is 11.2. The highest BCUT2D eigenvalue weighted by molar-refractivity contribution is 7.11. The number of nitrogens with zero attached hydrogens (tertiary/aromatic N) is 1. The van der Waals surface area contributed by atoms with E-state index in [9.17, 15) is 4.79 Å². The topological polar surface area (TPSA) is 51.2 Å². The Morgan fingerprint density at radius 1 is 1.62 bits per heavy atom. The lowest BCUT2D eigenvalue weighted by Crippen LogP contribution is -2.42. The molecule has 0 aromatic carbocycles. The summed E-state index contributed by atoms with van der Waals surface area (Å²) in [5.74, 6) is 0. The van der Waals surface area contributed by atoms with Crippen molar-refractivity contribution in [2.24, 2.45) is 0 Å². The number of thiazole rings is 1. The lowest BCUT2D eigenvalue weighted by atomic mass is 10.1. The first-order chi connectivity index (χ1) is 5.97. The minimum Gasteiger partial charge on any atom is -0.381 e. The van der Waals surface area contributed by atoms with Gasteiger partial charge in [0.1, 0.15) is 0 Å². The monoisotopic (exact) mass is 200 g/mol. The summed E-state index contributed by atoms with van der Waals surface area (Å²) in [7, 11) is 0. The molecule has 1 amide bonds. The van der Waals surface area contributed by atoms with E-state index in [0.29, 0.717) is 5.19 Å². The van der Waals surface area contributed by atoms with Crippen LogP contribution in [-0.4, -0.2) is 16.6 Å². The average Bonchev–Trinajstić information content (AvgIpc) is 2.34. The summed E-state index contributed by atoms with van der Waals surface area (Å²) in [6, 6.07) is 0. The fraction of sp³-hybridized carbons (Fsp3) is 0.500. The minimum atomic E-state index is -0.470. The number of hydrogen-bond acceptors (Lipinski definition) is 4. The van der Waals surface area contributed by atoms with Crippen molar-refractivity contribution in [1.29, 1.82) is 0 Å². The van der Waals surface area contributed by atoms with E-state index >= 15 is 0 Å². The summed E-state index contributed by atoms with van der Waals surface area (Å²) in [4.78, 5) is 15.0. The number of aromatic nitrogens is 1. The van der Waals surface area contributed by atoms with Crippen LogP contribution in [0.5, 0.6) is 5.19 Å². The molecule has 1 aromatic heterocycles. The summed E-state index contributed by atoms with van der Waals surface area (Å²) < 4.78 is 4.89. The molecule has 1 heterocycles. The van der Waals surface area contributed by atoms with E-state index < -0.39 is 6.09 Å². The van der Waals surface area contributed by atoms with Crippen molar-refractivity contribution < 1.29 is 9.53 Å². The summed E-state index contributed by atoms with van der Waals surface area (Å²) >= 11 is 1.28. The van der Waals surface area contributed by atoms with Gasteiger partial charge in [0, 0.05) is 17.1 Å². The molecule has 1 rings (SSSR count). The molecule has 4 nitrogen and oxygen atoms in total. The van der Waals surface area contributed by atoms with Gasteiger partial charge < -0.3 is 10.1 Å². The average molecular weight is 200 g/mol. The second-order valence-corrected chi connectivity index (χ2v) is 4.42. The van der Waals surface area contributed by atoms with Crippen LogP contribution in [0.3, 0.4) is 0 Å². The number of nitrogens with one attached hydrogen (secondary N) is 1. The molecule has 5 heteroatoms. The second-order valence-electron chi connectivity index (χ2n) is 3.56. The quantitative estimate of drug-likeness (QED) is 0.754. The molecule has 0 bridgehead atoms. The Balaban J connectivity index is 2.43. The molecular weight excluding hydrogens is 188 g/mol. The minimum absolute atomic E-state index is 0.283. The predicted molar refractivity (Wildman–Crippen MR) is 51.0 cm³/mol. The highest BCUT2D eigenvalue weighted by atomic mass is 32.1. The molecule has 0 unspecified atom stereocenters. The molecule has 1 aromatic rings. The van der Waals surface area contributed by atoms with Crippen LogP contribution in [0.2, 0.25) is 0 Å². The fourth-order valence-corrected chi connectivity index (χ4v) is 1.16. The number of carbonyl (C=O) groups excluding carboxylic acids is 1. The highest BCUT2D eigenvalue weighted by Gasteiger charge is 2.15. The molecule has 0 fully saturated rings. The van der Waals surface area contributed by atoms with Crippen molar-refractivity contribution in [2.45, 2.75) is 26.3 Å². The number of ether oxygens (including phenoxy) is 1. The van der Waals surface area contributed by atoms with Gasteiger partial charge in [-0.05, 0) is 20.8 Å². The summed E-state index contributed by atoms with van der Waals surface area (Å²) in [5.41, 5.74) is -0.283. The van der Waals surface area contributed by atoms with Crippen LogP contribution >= 0.6 is 11.3 Å². The van der Waals surface area contributed by atoms with Gasteiger partial charge in [0.15, 0.2) is 0 Å². The van der Waals surface area contributed by atoms with Crippen molar-refractivity contribution in [1.82, 2.24) is 10.3 Å². The van der Waals surface area contributed by atoms with Crippen molar-refractivity contribution in [3.8, 4) is 5.19 Å². The van der Waals surface area contributed by atoms with Crippen LogP contribution in [0.15, 0.2) is 11.6 Å². The Morgan fingerprint density at radius 2 is 2.31 bits per heavy atom. The molecule has 0 radical (unpaired) electrons. The van der Waals surface area contributed by atoms with Crippen molar-refractivity contribution in [2.75, 3.05) is 0 Å². The van der Waals surface area contributed by atoms with Gasteiger partial charge in [0.05, 0.1) is 0 Å². The van der Waals surface area contributed by atoms with E-state index in [2.05, 4.69) is 10.3 Å². The van der Waals surface area contributed by atoms with Crippen molar-refractivity contribution in [3.05, 3.63) is 11.6 Å². The summed E-state index contributed by atoms with van der Waals surface area (Å²) in [5, 5.41) is 4.78. The molecule has 72 valence electrons. The van der Waals surface area contributed by atoms with Crippen LogP contribution < -0.4 is 10.1 Å². The Kier molecular flexibility index (Phi) is 2.87. The predicted octanol–water partition coefficient (Wildman–Crippen LogP) is 2.03. The van der Waals surface area contributed by atoms with Crippen LogP contribution in [0.25, 0.3) is 0 Å². The Hall–Kier alpha value is -1.10. The molecule has 0 aliphatic heterocycles. The zero-order valence-electron chi connectivity index (χ0n) is 7.83. The van der Waals surface area contributed by atoms with E-state index in [1.54, 1.807) is 11.6 Å². The maximum absolute atomic E-state index is 11.2. The number of rotatable bonds is 1. The lowest BCUT2D eigenvalue weighted by molar-refractivity contribution is 0.190. The van der Waals surface area contributed by atoms with Gasteiger partial charge in [-0.25, -0.2) is 9.78 Å². The largest absolute Gasteiger partial charge is 0.414 e. The van der Waals surface area contributed by atoms with Gasteiger partial charge in [-0.15, -0.1) is 0 Å². The van der Waals surface area contributed by atoms with Crippen LogP contribution in [0.4, 0.5) is 4.79 Å². The Labute approximate surface area is 80.9 Å². The highest BCUT2D eigenvalue weighted by Crippen LogP contribution is 2.13. The smallest absolute Gasteiger partial charge is 0.381 e. The van der Waals surface area contributed by atoms with Crippen molar-refractivity contribution >= 4 is 17.4 Å². The van der Waals surface area contributed by atoms with E-state index in [4.69, 9.17) is 4.74 Å². The molecule has 0 aliphatic rings. The molecule has 0 atom stereocenters. The summed E-state index contributed by atoms with van der Waals surface area (Å²) in [6.45, 7) is 5.66. The SMILES string of the molecule is CC(C)(C)NC(=O)Oc1nccs1. The zero-order valence-corrected chi connectivity index (χ0v) is 8.64. The van der Waals surface area contributed by atoms with E-state index in [1.807, 2.05) is 20.8 Å². The standard InChI is InChI=1S/C8H12N2O2S/c1-8(2,3)10-6(11)12-7-9-4-5-13-7/h4-5H,1-3H3,(H,10,11). The van der Waals surface area contributed by atoms with Crippen LogP contribution in [0, 0.1) is 0 Å². The lowest BCUT2D eigenvalue weighted by Gasteiger charge is -2.18. The molecule has 13 heavy (non-hydrogen) atoms. The van der Waals surface area contributed by atoms with E-state index in [0.717, 1.165) is 0 Å². The van der Waals surface area contributed by atoms with Crippen molar-refractivity contribution in [3.63, 3.8) is 0 Å². The Morgan fingerprint density at radius 3 is 2.77 bits per heavy atom. The zero-order chi connectivity index (χ0) is 9.90. The van der Waals surface area contributed by atoms with Gasteiger partial charge in [-0.1, -0.05) is 11.3 Å². The number of carbonyl (C=O) groups is 1. The number of hydrogen-bond donors (Lipinski definition) is 1. The third kappa shape index (κ3) is 3.89. The first-order valence-electron chi connectivity index (χ1n) is 3.87. The van der Waals surface area contributed by atoms with Gasteiger partial charge in [0.25, 0.3) is 5.19 Å². The van der Waals surface area contributed by atoms with Gasteiger partial charge in [0.2, 0.25) is 0 Å². The molecule has 0 spiro atoms. The third-order valence-electron chi connectivity index (χ3n) is 1.07.